The normalized spacial score (nSPS) is 19.8. The van der Waals surface area contributed by atoms with Gasteiger partial charge in [0.1, 0.15) is 0 Å². The lowest BCUT2D eigenvalue weighted by atomic mass is 9.86. The molecule has 0 radical (unpaired) electrons. The van der Waals surface area contributed by atoms with Gasteiger partial charge in [0.25, 0.3) is 0 Å². The molecule has 2 rings (SSSR count). The Hall–Kier alpha value is -0.755. The smallest absolute Gasteiger partial charge is 0.185 e. The van der Waals surface area contributed by atoms with Gasteiger partial charge in [-0.25, -0.2) is 0 Å². The first-order chi connectivity index (χ1) is 6.77. The average Bonchev–Trinajstić information content (AvgIpc) is 2.20. The maximum atomic E-state index is 2.43. The quantitative estimate of drug-likeness (QED) is 0.605. The predicted octanol–water partition coefficient (Wildman–Crippen LogP) is 1.72. The summed E-state index contributed by atoms with van der Waals surface area (Å²) in [5, 5.41) is 0. The fraction of sp³-hybridized carbons (Fsp3) is 0.500. The Kier molecular flexibility index (Phi) is 2.92. The summed E-state index contributed by atoms with van der Waals surface area (Å²) in [5.41, 5.74) is 3.03. The minimum absolute atomic E-state index is 0.799. The van der Waals surface area contributed by atoms with Crippen molar-refractivity contribution in [1.29, 1.82) is 0 Å². The van der Waals surface area contributed by atoms with Crippen LogP contribution in [0.2, 0.25) is 0 Å². The van der Waals surface area contributed by atoms with E-state index in [1.807, 2.05) is 0 Å². The summed E-state index contributed by atoms with van der Waals surface area (Å²) in [4.78, 5) is 2.43. The molecule has 1 aromatic carbocycles. The van der Waals surface area contributed by atoms with E-state index < -0.39 is 0 Å². The molecule has 1 aliphatic heterocycles. The summed E-state index contributed by atoms with van der Waals surface area (Å²) in [5.74, 6) is 0.799. The van der Waals surface area contributed by atoms with Crippen molar-refractivity contribution in [3.8, 4) is 0 Å². The van der Waals surface area contributed by atoms with Gasteiger partial charge in [-0.2, -0.15) is 0 Å². The van der Waals surface area contributed by atoms with Gasteiger partial charge in [-0.05, 0) is 49.9 Å². The molecule has 0 atom stereocenters. The summed E-state index contributed by atoms with van der Waals surface area (Å²) in [7, 11) is 2.22. The lowest BCUT2D eigenvalue weighted by molar-refractivity contribution is 0.334. The second kappa shape index (κ2) is 4.18. The number of aryl methyl sites for hydroxylation is 1. The molecule has 1 aromatic rings. The van der Waals surface area contributed by atoms with Gasteiger partial charge >= 0.3 is 0 Å². The summed E-state index contributed by atoms with van der Waals surface area (Å²) in [6.07, 6.45) is 2.64. The van der Waals surface area contributed by atoms with E-state index in [1.54, 1.807) is 5.56 Å². The third-order valence-corrected chi connectivity index (χ3v) is 3.35. The van der Waals surface area contributed by atoms with E-state index in [0.29, 0.717) is 0 Å². The third kappa shape index (κ3) is 2.01. The van der Waals surface area contributed by atoms with Crippen molar-refractivity contribution in [2.45, 2.75) is 25.7 Å². The summed E-state index contributed by atoms with van der Waals surface area (Å²) in [6.45, 7) is 4.73. The van der Waals surface area contributed by atoms with E-state index in [-0.39, 0.29) is 0 Å². The van der Waals surface area contributed by atoms with Gasteiger partial charge in [-0.3, -0.25) is 0 Å². The van der Waals surface area contributed by atoms with Gasteiger partial charge in [0.05, 0.1) is 0 Å². The van der Waals surface area contributed by atoms with Crippen molar-refractivity contribution in [1.82, 2.24) is 4.81 Å². The molecule has 0 aromatic heterocycles. The Morgan fingerprint density at radius 1 is 1.21 bits per heavy atom. The third-order valence-electron chi connectivity index (χ3n) is 3.35. The lowest BCUT2D eigenvalue weighted by Gasteiger charge is -2.30. The van der Waals surface area contributed by atoms with Crippen molar-refractivity contribution >= 4 is 7.98 Å². The molecule has 0 amide bonds. The Labute approximate surface area is 87.5 Å². The highest BCUT2D eigenvalue weighted by Crippen LogP contribution is 2.29. The molecule has 1 heterocycles. The Balaban J connectivity index is 2.12. The van der Waals surface area contributed by atoms with E-state index in [4.69, 9.17) is 0 Å². The second-order valence-electron chi connectivity index (χ2n) is 4.43. The molecule has 0 saturated carbocycles. The fourth-order valence-corrected chi connectivity index (χ4v) is 2.36. The van der Waals surface area contributed by atoms with Crippen LogP contribution in [0.1, 0.15) is 29.9 Å². The van der Waals surface area contributed by atoms with Crippen LogP contribution in [0.15, 0.2) is 24.3 Å². The predicted molar refractivity (Wildman–Crippen MR) is 63.3 cm³/mol. The molecule has 14 heavy (non-hydrogen) atoms. The van der Waals surface area contributed by atoms with Crippen LogP contribution in [0.3, 0.4) is 0 Å². The van der Waals surface area contributed by atoms with Gasteiger partial charge < -0.3 is 4.81 Å². The number of nitrogens with zero attached hydrogens (tertiary/aromatic N) is 1. The number of benzene rings is 1. The summed E-state index contributed by atoms with van der Waals surface area (Å²) < 4.78 is 0. The SMILES string of the molecule is BN1CCC(c2ccccc2C)CC1. The standard InChI is InChI=1S/C12H18BN/c1-10-4-2-3-5-12(10)11-6-8-14(13)9-7-11/h2-5,11H,6-9,13H2,1H3. The highest BCUT2D eigenvalue weighted by molar-refractivity contribution is 6.04. The molecule has 1 nitrogen and oxygen atoms in total. The average molecular weight is 187 g/mol. The molecule has 0 spiro atoms. The first kappa shape index (κ1) is 9.79. The Morgan fingerprint density at radius 2 is 1.86 bits per heavy atom. The van der Waals surface area contributed by atoms with E-state index in [1.165, 1.54) is 31.5 Å². The van der Waals surface area contributed by atoms with Crippen molar-refractivity contribution in [3.05, 3.63) is 35.4 Å². The monoisotopic (exact) mass is 187 g/mol. The van der Waals surface area contributed by atoms with Crippen molar-refractivity contribution in [2.24, 2.45) is 0 Å². The van der Waals surface area contributed by atoms with Crippen LogP contribution in [-0.4, -0.2) is 25.9 Å². The van der Waals surface area contributed by atoms with Gasteiger partial charge in [0.2, 0.25) is 0 Å². The maximum absolute atomic E-state index is 2.43. The van der Waals surface area contributed by atoms with Crippen molar-refractivity contribution in [2.75, 3.05) is 13.1 Å². The molecule has 0 unspecified atom stereocenters. The van der Waals surface area contributed by atoms with Crippen LogP contribution in [0.25, 0.3) is 0 Å². The minimum atomic E-state index is 0.799. The zero-order valence-electron chi connectivity index (χ0n) is 9.16. The van der Waals surface area contributed by atoms with Crippen LogP contribution in [0.4, 0.5) is 0 Å². The van der Waals surface area contributed by atoms with E-state index in [0.717, 1.165) is 5.92 Å². The molecule has 1 fully saturated rings. The summed E-state index contributed by atoms with van der Waals surface area (Å²) >= 11 is 0. The zero-order chi connectivity index (χ0) is 9.97. The van der Waals surface area contributed by atoms with Crippen molar-refractivity contribution in [3.63, 3.8) is 0 Å². The topological polar surface area (TPSA) is 3.24 Å². The highest BCUT2D eigenvalue weighted by atomic mass is 15.0. The molecule has 0 N–H and O–H groups in total. The summed E-state index contributed by atoms with van der Waals surface area (Å²) in [6, 6.07) is 8.83. The van der Waals surface area contributed by atoms with E-state index in [2.05, 4.69) is 44.0 Å². The molecule has 0 bridgehead atoms. The van der Waals surface area contributed by atoms with Gasteiger partial charge in [-0.15, -0.1) is 0 Å². The zero-order valence-corrected chi connectivity index (χ0v) is 9.16. The number of rotatable bonds is 1. The molecule has 74 valence electrons. The van der Waals surface area contributed by atoms with Crippen LogP contribution >= 0.6 is 0 Å². The van der Waals surface area contributed by atoms with Gasteiger partial charge in [0.15, 0.2) is 7.98 Å². The van der Waals surface area contributed by atoms with E-state index >= 15 is 0 Å². The minimum Gasteiger partial charge on any atom is -0.349 e. The largest absolute Gasteiger partial charge is 0.349 e. The van der Waals surface area contributed by atoms with Gasteiger partial charge in [0, 0.05) is 0 Å². The molecule has 2 heteroatoms. The molecule has 1 aliphatic rings. The molecular formula is C12H18BN. The first-order valence-electron chi connectivity index (χ1n) is 5.51. The maximum Gasteiger partial charge on any atom is 0.185 e. The lowest BCUT2D eigenvalue weighted by Crippen LogP contribution is -2.30. The van der Waals surface area contributed by atoms with Crippen LogP contribution < -0.4 is 0 Å². The second-order valence-corrected chi connectivity index (χ2v) is 4.43. The molecule has 0 aliphatic carbocycles. The molecular weight excluding hydrogens is 169 g/mol. The van der Waals surface area contributed by atoms with Crippen LogP contribution in [-0.2, 0) is 0 Å². The van der Waals surface area contributed by atoms with Crippen molar-refractivity contribution < 1.29 is 0 Å². The fourth-order valence-electron chi connectivity index (χ4n) is 2.36. The van der Waals surface area contributed by atoms with E-state index in [9.17, 15) is 0 Å². The molecule has 1 saturated heterocycles. The van der Waals surface area contributed by atoms with Crippen LogP contribution in [0.5, 0.6) is 0 Å². The Bertz CT molecular complexity index is 303. The van der Waals surface area contributed by atoms with Gasteiger partial charge in [-0.1, -0.05) is 24.3 Å². The number of hydrogen-bond acceptors (Lipinski definition) is 1. The Morgan fingerprint density at radius 3 is 2.50 bits per heavy atom. The van der Waals surface area contributed by atoms with Crippen LogP contribution in [0, 0.1) is 6.92 Å². The number of hydrogen-bond donors (Lipinski definition) is 0. The first-order valence-corrected chi connectivity index (χ1v) is 5.51. The number of piperidine rings is 1. The highest BCUT2D eigenvalue weighted by Gasteiger charge is 2.18.